The van der Waals surface area contributed by atoms with Crippen LogP contribution in [0.15, 0.2) is 29.3 Å². The Hall–Kier alpha value is -1.84. The summed E-state index contributed by atoms with van der Waals surface area (Å²) in [6.07, 6.45) is 2.20. The minimum absolute atomic E-state index is 0. The van der Waals surface area contributed by atoms with Crippen molar-refractivity contribution in [3.8, 4) is 0 Å². The van der Waals surface area contributed by atoms with Crippen LogP contribution < -0.4 is 5.32 Å². The van der Waals surface area contributed by atoms with Gasteiger partial charge in [-0.05, 0) is 29.9 Å². The first-order valence-electron chi connectivity index (χ1n) is 10.4. The number of hydrogen-bond donors (Lipinski definition) is 1. The molecule has 0 aromatic heterocycles. The van der Waals surface area contributed by atoms with E-state index in [1.807, 2.05) is 11.0 Å². The number of halogens is 1. The molecular formula is C22H33IN4O3. The van der Waals surface area contributed by atoms with E-state index in [0.717, 1.165) is 31.9 Å². The molecule has 2 heterocycles. The topological polar surface area (TPSA) is 74.2 Å². The van der Waals surface area contributed by atoms with Crippen molar-refractivity contribution in [3.05, 3.63) is 35.4 Å². The van der Waals surface area contributed by atoms with Gasteiger partial charge in [0.15, 0.2) is 5.96 Å². The van der Waals surface area contributed by atoms with Crippen LogP contribution in [0, 0.1) is 11.8 Å². The average Bonchev–Trinajstić information content (AvgIpc) is 3.14. The van der Waals surface area contributed by atoms with E-state index in [4.69, 9.17) is 4.74 Å². The standard InChI is InChI=1S/C22H32N4O3.HI/c1-16-13-26(15-19(16)21(28)29-3)22(23-2)24-11-6-9-20(27)25-12-10-17-7-4-5-8-18(17)14-25;/h4-5,7-8,16,19H,6,9-15H2,1-3H3,(H,23,24);1H. The van der Waals surface area contributed by atoms with Crippen LogP contribution in [-0.4, -0.2) is 68.0 Å². The van der Waals surface area contributed by atoms with Gasteiger partial charge in [-0.2, -0.15) is 0 Å². The largest absolute Gasteiger partial charge is 0.469 e. The Morgan fingerprint density at radius 3 is 2.63 bits per heavy atom. The molecule has 2 unspecified atom stereocenters. The first-order chi connectivity index (χ1) is 14.0. The summed E-state index contributed by atoms with van der Waals surface area (Å²) in [6.45, 7) is 5.63. The summed E-state index contributed by atoms with van der Waals surface area (Å²) in [5.74, 6) is 0.926. The molecule has 0 radical (unpaired) electrons. The van der Waals surface area contributed by atoms with Crippen LogP contribution in [0.5, 0.6) is 0 Å². The maximum Gasteiger partial charge on any atom is 0.310 e. The Labute approximate surface area is 196 Å². The minimum Gasteiger partial charge on any atom is -0.469 e. The molecule has 1 aromatic rings. The van der Waals surface area contributed by atoms with E-state index in [1.54, 1.807) is 7.05 Å². The summed E-state index contributed by atoms with van der Waals surface area (Å²) >= 11 is 0. The summed E-state index contributed by atoms with van der Waals surface area (Å²) < 4.78 is 4.90. The number of amides is 1. The van der Waals surface area contributed by atoms with Crippen molar-refractivity contribution in [2.45, 2.75) is 32.7 Å². The van der Waals surface area contributed by atoms with Gasteiger partial charge in [0.1, 0.15) is 0 Å². The number of carbonyl (C=O) groups excluding carboxylic acids is 2. The highest BCUT2D eigenvalue weighted by Crippen LogP contribution is 2.24. The third-order valence-corrected chi connectivity index (χ3v) is 5.96. The molecule has 0 bridgehead atoms. The molecule has 166 valence electrons. The number of likely N-dealkylation sites (tertiary alicyclic amines) is 1. The van der Waals surface area contributed by atoms with E-state index >= 15 is 0 Å². The number of aliphatic imine (C=N–C) groups is 1. The third kappa shape index (κ3) is 5.86. The number of carbonyl (C=O) groups is 2. The summed E-state index contributed by atoms with van der Waals surface area (Å²) in [4.78, 5) is 32.9. The normalized spacial score (nSPS) is 21.0. The van der Waals surface area contributed by atoms with Crippen LogP contribution in [0.1, 0.15) is 30.9 Å². The van der Waals surface area contributed by atoms with Crippen LogP contribution in [-0.2, 0) is 27.3 Å². The lowest BCUT2D eigenvalue weighted by molar-refractivity contribution is -0.146. The molecule has 1 saturated heterocycles. The fourth-order valence-corrected chi connectivity index (χ4v) is 4.24. The van der Waals surface area contributed by atoms with Crippen molar-refractivity contribution in [1.29, 1.82) is 0 Å². The van der Waals surface area contributed by atoms with E-state index in [0.29, 0.717) is 26.1 Å². The maximum absolute atomic E-state index is 12.6. The lowest BCUT2D eigenvalue weighted by Gasteiger charge is -2.29. The maximum atomic E-state index is 12.6. The van der Waals surface area contributed by atoms with Gasteiger partial charge in [0.2, 0.25) is 5.91 Å². The number of methoxy groups -OCH3 is 1. The molecule has 30 heavy (non-hydrogen) atoms. The van der Waals surface area contributed by atoms with Gasteiger partial charge >= 0.3 is 5.97 Å². The number of rotatable bonds is 5. The number of esters is 1. The second-order valence-electron chi connectivity index (χ2n) is 7.92. The fourth-order valence-electron chi connectivity index (χ4n) is 4.24. The van der Waals surface area contributed by atoms with E-state index in [-0.39, 0.29) is 47.7 Å². The Morgan fingerprint density at radius 1 is 1.20 bits per heavy atom. The number of ether oxygens (including phenoxy) is 1. The predicted octanol–water partition coefficient (Wildman–Crippen LogP) is 2.29. The Kier molecular flexibility index (Phi) is 9.38. The van der Waals surface area contributed by atoms with E-state index in [2.05, 4.69) is 40.3 Å². The van der Waals surface area contributed by atoms with Gasteiger partial charge in [-0.3, -0.25) is 14.6 Å². The Morgan fingerprint density at radius 2 is 1.93 bits per heavy atom. The number of nitrogens with one attached hydrogen (secondary N) is 1. The van der Waals surface area contributed by atoms with Crippen LogP contribution in [0.25, 0.3) is 0 Å². The molecule has 1 fully saturated rings. The lowest BCUT2D eigenvalue weighted by atomic mass is 9.99. The van der Waals surface area contributed by atoms with Crippen LogP contribution in [0.4, 0.5) is 0 Å². The van der Waals surface area contributed by atoms with Crippen molar-refractivity contribution in [2.75, 3.05) is 40.3 Å². The molecule has 2 aliphatic rings. The number of nitrogens with zero attached hydrogens (tertiary/aromatic N) is 3. The van der Waals surface area contributed by atoms with Crippen molar-refractivity contribution in [1.82, 2.24) is 15.1 Å². The number of guanidine groups is 1. The SMILES string of the molecule is CN=C(NCCCC(=O)N1CCc2ccccc2C1)N1CC(C)C(C(=O)OC)C1.I. The highest BCUT2D eigenvalue weighted by Gasteiger charge is 2.36. The van der Waals surface area contributed by atoms with Crippen LogP contribution in [0.3, 0.4) is 0 Å². The van der Waals surface area contributed by atoms with E-state index < -0.39 is 0 Å². The van der Waals surface area contributed by atoms with Crippen molar-refractivity contribution >= 4 is 41.8 Å². The molecule has 7 nitrogen and oxygen atoms in total. The predicted molar refractivity (Wildman–Crippen MR) is 128 cm³/mol. The summed E-state index contributed by atoms with van der Waals surface area (Å²) in [5, 5.41) is 3.34. The second kappa shape index (κ2) is 11.5. The smallest absolute Gasteiger partial charge is 0.310 e. The van der Waals surface area contributed by atoms with Gasteiger partial charge in [0.05, 0.1) is 13.0 Å². The van der Waals surface area contributed by atoms with Gasteiger partial charge in [-0.15, -0.1) is 24.0 Å². The van der Waals surface area contributed by atoms with Crippen molar-refractivity contribution < 1.29 is 14.3 Å². The second-order valence-corrected chi connectivity index (χ2v) is 7.92. The molecule has 0 spiro atoms. The number of hydrogen-bond acceptors (Lipinski definition) is 4. The zero-order chi connectivity index (χ0) is 20.8. The Balaban J connectivity index is 0.00000320. The highest BCUT2D eigenvalue weighted by molar-refractivity contribution is 14.0. The van der Waals surface area contributed by atoms with Crippen LogP contribution in [0.2, 0.25) is 0 Å². The quantitative estimate of drug-likeness (QED) is 0.209. The minimum atomic E-state index is -0.163. The molecule has 1 N–H and O–H groups in total. The Bertz CT molecular complexity index is 771. The van der Waals surface area contributed by atoms with Gasteiger partial charge in [-0.25, -0.2) is 0 Å². The molecule has 0 saturated carbocycles. The zero-order valence-electron chi connectivity index (χ0n) is 18.1. The molecule has 1 aromatic carbocycles. The lowest BCUT2D eigenvalue weighted by Crippen LogP contribution is -2.41. The molecule has 8 heteroatoms. The average molecular weight is 528 g/mol. The van der Waals surface area contributed by atoms with Gasteiger partial charge in [0, 0.05) is 46.2 Å². The molecule has 1 amide bonds. The van der Waals surface area contributed by atoms with E-state index in [1.165, 1.54) is 18.2 Å². The summed E-state index contributed by atoms with van der Waals surface area (Å²) in [6, 6.07) is 8.35. The third-order valence-electron chi connectivity index (χ3n) is 5.96. The molecular weight excluding hydrogens is 495 g/mol. The summed E-state index contributed by atoms with van der Waals surface area (Å²) in [7, 11) is 3.18. The molecule has 3 rings (SSSR count). The number of benzene rings is 1. The van der Waals surface area contributed by atoms with Gasteiger partial charge in [0.25, 0.3) is 0 Å². The van der Waals surface area contributed by atoms with Crippen molar-refractivity contribution in [2.24, 2.45) is 16.8 Å². The molecule has 2 atom stereocenters. The highest BCUT2D eigenvalue weighted by atomic mass is 127. The monoisotopic (exact) mass is 528 g/mol. The van der Waals surface area contributed by atoms with E-state index in [9.17, 15) is 9.59 Å². The zero-order valence-corrected chi connectivity index (χ0v) is 20.4. The molecule has 0 aliphatic carbocycles. The molecule has 2 aliphatic heterocycles. The van der Waals surface area contributed by atoms with Gasteiger partial charge < -0.3 is 19.9 Å². The first-order valence-corrected chi connectivity index (χ1v) is 10.4. The first kappa shape index (κ1) is 24.4. The van der Waals surface area contributed by atoms with Gasteiger partial charge in [-0.1, -0.05) is 31.2 Å². The number of fused-ring (bicyclic) bond motifs is 1. The van der Waals surface area contributed by atoms with Crippen LogP contribution >= 0.6 is 24.0 Å². The summed E-state index contributed by atoms with van der Waals surface area (Å²) in [5.41, 5.74) is 2.61. The van der Waals surface area contributed by atoms with Crippen molar-refractivity contribution in [3.63, 3.8) is 0 Å². The fraction of sp³-hybridized carbons (Fsp3) is 0.591.